The van der Waals surface area contributed by atoms with Crippen LogP contribution < -0.4 is 0 Å². The van der Waals surface area contributed by atoms with Crippen LogP contribution in [0.5, 0.6) is 0 Å². The Balaban J connectivity index is -0.000000602. The molecule has 3 N–H and O–H groups in total. The number of hydrogen-bond donors (Lipinski definition) is 1. The van der Waals surface area contributed by atoms with Crippen LogP contribution in [0.2, 0.25) is 0 Å². The molecule has 0 fully saturated rings. The van der Waals surface area contributed by atoms with Crippen LogP contribution in [0, 0.1) is 0 Å². The minimum Gasteiger partial charge on any atom is -0.870 e. The van der Waals surface area contributed by atoms with Crippen molar-refractivity contribution in [3.05, 3.63) is 0 Å². The summed E-state index contributed by atoms with van der Waals surface area (Å²) in [6, 6.07) is 0. The third kappa shape index (κ3) is 30.5. The average Bonchev–Trinajstić information content (AvgIpc) is 2.43. The molecule has 0 unspecified atom stereocenters. The number of carbonyl (C=O) groups is 1. The van der Waals surface area contributed by atoms with Crippen molar-refractivity contribution in [2.24, 2.45) is 0 Å². The topological polar surface area (TPSA) is 97.3 Å². The van der Waals surface area contributed by atoms with Gasteiger partial charge in [0.05, 0.1) is 0 Å². The van der Waals surface area contributed by atoms with E-state index < -0.39 is 5.97 Å². The van der Waals surface area contributed by atoms with Crippen molar-refractivity contribution in [3.63, 3.8) is 0 Å². The van der Waals surface area contributed by atoms with Crippen LogP contribution in [0.25, 0.3) is 0 Å². The van der Waals surface area contributed by atoms with E-state index in [4.69, 9.17) is 5.11 Å². The molecule has 0 saturated carbocycles. The molecule has 136 valence electrons. The molecule has 0 aromatic carbocycles. The second-order valence-corrected chi connectivity index (χ2v) is 6.09. The van der Waals surface area contributed by atoms with E-state index in [1.807, 2.05) is 0 Å². The van der Waals surface area contributed by atoms with E-state index in [1.165, 1.54) is 83.5 Å². The molecule has 0 amide bonds. The summed E-state index contributed by atoms with van der Waals surface area (Å²) in [5, 5.41) is 8.52. The molecule has 23 heavy (non-hydrogen) atoms. The van der Waals surface area contributed by atoms with Gasteiger partial charge < -0.3 is 16.1 Å². The van der Waals surface area contributed by atoms with E-state index >= 15 is 0 Å². The van der Waals surface area contributed by atoms with Gasteiger partial charge in [0.1, 0.15) is 0 Å². The summed E-state index contributed by atoms with van der Waals surface area (Å²) in [7, 11) is 0. The quantitative estimate of drug-likeness (QED) is 0.262. The first kappa shape index (κ1) is 30.8. The third-order valence-corrected chi connectivity index (χ3v) is 3.99. The van der Waals surface area contributed by atoms with Crippen LogP contribution in [0.4, 0.5) is 0 Å². The number of carboxylic acids is 1. The zero-order valence-electron chi connectivity index (χ0n) is 15.3. The average molecular weight is 384 g/mol. The van der Waals surface area contributed by atoms with Gasteiger partial charge in [-0.05, 0) is 6.42 Å². The number of hydrogen-bond acceptors (Lipinski definition) is 3. The fraction of sp³-hybridized carbons (Fsp3) is 0.944. The number of aliphatic carboxylic acids is 1. The first-order valence-electron chi connectivity index (χ1n) is 8.99. The van der Waals surface area contributed by atoms with Crippen LogP contribution in [-0.4, -0.2) is 22.0 Å². The van der Waals surface area contributed by atoms with Gasteiger partial charge in [0, 0.05) is 6.42 Å². The number of carboxylic acid groups (broad SMARTS) is 1. The summed E-state index contributed by atoms with van der Waals surface area (Å²) in [5.74, 6) is -0.653. The van der Waals surface area contributed by atoms with Crippen LogP contribution in [0.1, 0.15) is 110 Å². The van der Waals surface area contributed by atoms with Gasteiger partial charge in [0.15, 0.2) is 0 Å². The molecule has 0 bridgehead atoms. The van der Waals surface area contributed by atoms with Crippen LogP contribution in [0.15, 0.2) is 0 Å². The predicted octanol–water partition coefficient (Wildman–Crippen LogP) is 5.98. The van der Waals surface area contributed by atoms with Crippen molar-refractivity contribution >= 4 is 5.97 Å². The minimum absolute atomic E-state index is 0. The summed E-state index contributed by atoms with van der Waals surface area (Å²) < 4.78 is 0. The first-order chi connectivity index (χ1) is 9.77. The maximum Gasteiger partial charge on any atom is 2.00 e. The molecule has 0 rings (SSSR count). The number of rotatable bonds is 16. The molecule has 5 heteroatoms. The summed E-state index contributed by atoms with van der Waals surface area (Å²) in [6.45, 7) is 2.27. The standard InChI is InChI=1S/C18H36O2.2H2O.Zn/c1-2-3-4-5-6-7-8-9-10-11-12-13-14-15-16-17-18(19)20;;;/h2-17H2,1H3,(H,19,20);2*1H2;/q;;;+2/p-2. The van der Waals surface area contributed by atoms with Gasteiger partial charge in [-0.15, -0.1) is 0 Å². The van der Waals surface area contributed by atoms with Gasteiger partial charge in [-0.1, -0.05) is 96.8 Å². The molecule has 0 aliphatic rings. The molecular weight excluding hydrogens is 346 g/mol. The summed E-state index contributed by atoms with van der Waals surface area (Å²) >= 11 is 0. The smallest absolute Gasteiger partial charge is 0.870 e. The fourth-order valence-corrected chi connectivity index (χ4v) is 2.65. The molecule has 0 aliphatic carbocycles. The first-order valence-corrected chi connectivity index (χ1v) is 8.99. The summed E-state index contributed by atoms with van der Waals surface area (Å²) in [5.41, 5.74) is 0. The van der Waals surface area contributed by atoms with E-state index in [1.54, 1.807) is 0 Å². The van der Waals surface area contributed by atoms with E-state index in [2.05, 4.69) is 6.92 Å². The van der Waals surface area contributed by atoms with E-state index in [0.29, 0.717) is 6.42 Å². The largest absolute Gasteiger partial charge is 2.00 e. The van der Waals surface area contributed by atoms with E-state index in [-0.39, 0.29) is 30.4 Å². The molecular formula is C18H38O4Zn. The van der Waals surface area contributed by atoms with Crippen molar-refractivity contribution in [2.45, 2.75) is 110 Å². The normalized spacial score (nSPS) is 9.43. The Hall–Kier alpha value is 0.0134. The molecule has 0 spiro atoms. The van der Waals surface area contributed by atoms with Gasteiger partial charge in [-0.3, -0.25) is 4.79 Å². The van der Waals surface area contributed by atoms with Crippen LogP contribution in [0.3, 0.4) is 0 Å². The number of unbranched alkanes of at least 4 members (excludes halogenated alkanes) is 14. The molecule has 0 radical (unpaired) electrons. The molecule has 4 nitrogen and oxygen atoms in total. The molecule has 0 atom stereocenters. The second-order valence-electron chi connectivity index (χ2n) is 6.09. The van der Waals surface area contributed by atoms with Crippen LogP contribution >= 0.6 is 0 Å². The Morgan fingerprint density at radius 3 is 1.13 bits per heavy atom. The van der Waals surface area contributed by atoms with Crippen molar-refractivity contribution in [3.8, 4) is 0 Å². The zero-order chi connectivity index (χ0) is 14.9. The summed E-state index contributed by atoms with van der Waals surface area (Å²) in [6.07, 6.45) is 20.2. The fourth-order valence-electron chi connectivity index (χ4n) is 2.65. The molecule has 0 saturated heterocycles. The van der Waals surface area contributed by atoms with Crippen molar-refractivity contribution in [1.29, 1.82) is 0 Å². The van der Waals surface area contributed by atoms with Crippen molar-refractivity contribution in [1.82, 2.24) is 0 Å². The minimum atomic E-state index is -0.653. The Morgan fingerprint density at radius 1 is 0.609 bits per heavy atom. The van der Waals surface area contributed by atoms with Gasteiger partial charge in [-0.25, -0.2) is 0 Å². The van der Waals surface area contributed by atoms with Gasteiger partial charge in [0.2, 0.25) is 0 Å². The zero-order valence-corrected chi connectivity index (χ0v) is 18.2. The maximum absolute atomic E-state index is 10.3. The van der Waals surface area contributed by atoms with E-state index in [0.717, 1.165) is 12.8 Å². The second kappa shape index (κ2) is 26.9. The predicted molar refractivity (Wildman–Crippen MR) is 91.1 cm³/mol. The van der Waals surface area contributed by atoms with Gasteiger partial charge in [-0.2, -0.15) is 0 Å². The Morgan fingerprint density at radius 2 is 0.870 bits per heavy atom. The molecule has 0 aromatic rings. The van der Waals surface area contributed by atoms with Gasteiger partial charge in [0.25, 0.3) is 0 Å². The Kier molecular flexibility index (Phi) is 36.1. The third-order valence-electron chi connectivity index (χ3n) is 3.99. The van der Waals surface area contributed by atoms with Crippen molar-refractivity contribution in [2.75, 3.05) is 0 Å². The SMILES string of the molecule is CCCCCCCCCCCCCCCCCC(=O)O.[OH-].[OH-].[Zn+2]. The monoisotopic (exact) mass is 382 g/mol. The van der Waals surface area contributed by atoms with E-state index in [9.17, 15) is 4.79 Å². The van der Waals surface area contributed by atoms with Gasteiger partial charge >= 0.3 is 25.4 Å². The van der Waals surface area contributed by atoms with Crippen LogP contribution in [-0.2, 0) is 24.3 Å². The molecule has 0 aliphatic heterocycles. The van der Waals surface area contributed by atoms with Crippen molar-refractivity contribution < 1.29 is 40.3 Å². The Bertz CT molecular complexity index is 213. The Labute approximate surface area is 156 Å². The summed E-state index contributed by atoms with van der Waals surface area (Å²) in [4.78, 5) is 10.3. The molecule has 0 aromatic heterocycles. The maximum atomic E-state index is 10.3. The molecule has 0 heterocycles.